The summed E-state index contributed by atoms with van der Waals surface area (Å²) in [6.45, 7) is 3.22. The van der Waals surface area contributed by atoms with Gasteiger partial charge in [-0.25, -0.2) is 17.9 Å². The van der Waals surface area contributed by atoms with Gasteiger partial charge in [-0.2, -0.15) is 0 Å². The van der Waals surface area contributed by atoms with Gasteiger partial charge in [-0.3, -0.25) is 0 Å². The molecule has 0 bridgehead atoms. The maximum absolute atomic E-state index is 12.3. The third kappa shape index (κ3) is 4.29. The number of carbonyl (C=O) groups is 1. The first kappa shape index (κ1) is 16.6. The minimum absolute atomic E-state index is 0.0215. The van der Waals surface area contributed by atoms with Crippen LogP contribution in [0.1, 0.15) is 30.6 Å². The molecule has 0 aliphatic heterocycles. The monoisotopic (exact) mass is 301 g/mol. The SMILES string of the molecule is COC(=O)c1ccccc1S(=O)(=O)NC(C)CC(C)O. The molecule has 0 aliphatic rings. The summed E-state index contributed by atoms with van der Waals surface area (Å²) in [5, 5.41) is 9.26. The van der Waals surface area contributed by atoms with E-state index in [9.17, 15) is 18.3 Å². The Balaban J connectivity index is 3.07. The summed E-state index contributed by atoms with van der Waals surface area (Å²) >= 11 is 0. The van der Waals surface area contributed by atoms with Crippen molar-refractivity contribution >= 4 is 16.0 Å². The van der Waals surface area contributed by atoms with E-state index in [0.29, 0.717) is 0 Å². The first-order valence-corrected chi connectivity index (χ1v) is 7.64. The molecule has 0 spiro atoms. The zero-order valence-electron chi connectivity index (χ0n) is 11.7. The van der Waals surface area contributed by atoms with Crippen LogP contribution in [-0.4, -0.2) is 38.7 Å². The third-order valence-corrected chi connectivity index (χ3v) is 4.28. The molecule has 0 saturated carbocycles. The van der Waals surface area contributed by atoms with Crippen LogP contribution in [0.3, 0.4) is 0 Å². The summed E-state index contributed by atoms with van der Waals surface area (Å²) in [4.78, 5) is 11.5. The lowest BCUT2D eigenvalue weighted by Crippen LogP contribution is -2.35. The summed E-state index contributed by atoms with van der Waals surface area (Å²) in [5.41, 5.74) is -0.0215. The Morgan fingerprint density at radius 1 is 1.35 bits per heavy atom. The lowest BCUT2D eigenvalue weighted by atomic mass is 10.2. The summed E-state index contributed by atoms with van der Waals surface area (Å²) in [7, 11) is -2.66. The molecule has 0 fully saturated rings. The van der Waals surface area contributed by atoms with Gasteiger partial charge < -0.3 is 9.84 Å². The Labute approximate surface area is 118 Å². The van der Waals surface area contributed by atoms with Gasteiger partial charge in [0.15, 0.2) is 0 Å². The van der Waals surface area contributed by atoms with Crippen LogP contribution in [0.5, 0.6) is 0 Å². The normalized spacial score (nSPS) is 14.6. The molecule has 7 heteroatoms. The zero-order valence-corrected chi connectivity index (χ0v) is 12.5. The molecule has 2 atom stereocenters. The van der Waals surface area contributed by atoms with Gasteiger partial charge in [-0.1, -0.05) is 12.1 Å². The molecule has 1 aromatic carbocycles. The Hall–Kier alpha value is -1.44. The van der Waals surface area contributed by atoms with Gasteiger partial charge in [0, 0.05) is 6.04 Å². The highest BCUT2D eigenvalue weighted by molar-refractivity contribution is 7.89. The van der Waals surface area contributed by atoms with Crippen molar-refractivity contribution in [2.45, 2.75) is 37.3 Å². The van der Waals surface area contributed by atoms with E-state index in [1.807, 2.05) is 0 Å². The van der Waals surface area contributed by atoms with Crippen molar-refractivity contribution in [1.29, 1.82) is 0 Å². The highest BCUT2D eigenvalue weighted by Crippen LogP contribution is 2.17. The average Bonchev–Trinajstić information content (AvgIpc) is 2.36. The molecule has 0 amide bonds. The number of sulfonamides is 1. The van der Waals surface area contributed by atoms with E-state index in [-0.39, 0.29) is 16.9 Å². The van der Waals surface area contributed by atoms with Crippen LogP contribution in [-0.2, 0) is 14.8 Å². The molecule has 0 heterocycles. The van der Waals surface area contributed by atoms with E-state index in [4.69, 9.17) is 0 Å². The number of hydrogen-bond donors (Lipinski definition) is 2. The van der Waals surface area contributed by atoms with Crippen LogP contribution >= 0.6 is 0 Å². The number of hydrogen-bond acceptors (Lipinski definition) is 5. The van der Waals surface area contributed by atoms with Gasteiger partial charge in [-0.15, -0.1) is 0 Å². The quantitative estimate of drug-likeness (QED) is 0.762. The van der Waals surface area contributed by atoms with Gasteiger partial charge in [-0.05, 0) is 32.4 Å². The van der Waals surface area contributed by atoms with E-state index < -0.39 is 28.1 Å². The fourth-order valence-electron chi connectivity index (χ4n) is 1.87. The topological polar surface area (TPSA) is 92.7 Å². The summed E-state index contributed by atoms with van der Waals surface area (Å²) in [6.07, 6.45) is -0.344. The molecule has 0 aromatic heterocycles. The smallest absolute Gasteiger partial charge is 0.339 e. The van der Waals surface area contributed by atoms with Gasteiger partial charge in [0.2, 0.25) is 10.0 Å². The van der Waals surface area contributed by atoms with E-state index in [1.165, 1.54) is 25.3 Å². The number of benzene rings is 1. The third-order valence-electron chi connectivity index (χ3n) is 2.63. The predicted molar refractivity (Wildman–Crippen MR) is 73.9 cm³/mol. The van der Waals surface area contributed by atoms with Gasteiger partial charge in [0.25, 0.3) is 0 Å². The molecule has 0 radical (unpaired) electrons. The maximum Gasteiger partial charge on any atom is 0.339 e. The second-order valence-corrected chi connectivity index (χ2v) is 6.28. The number of aliphatic hydroxyl groups is 1. The number of esters is 1. The minimum atomic E-state index is -3.85. The van der Waals surface area contributed by atoms with E-state index in [1.54, 1.807) is 19.9 Å². The van der Waals surface area contributed by atoms with E-state index >= 15 is 0 Å². The largest absolute Gasteiger partial charge is 0.465 e. The second kappa shape index (κ2) is 6.83. The molecule has 20 heavy (non-hydrogen) atoms. The Morgan fingerprint density at radius 2 is 1.95 bits per heavy atom. The lowest BCUT2D eigenvalue weighted by Gasteiger charge is -2.16. The van der Waals surface area contributed by atoms with Crippen molar-refractivity contribution in [3.63, 3.8) is 0 Å². The molecule has 0 saturated heterocycles. The minimum Gasteiger partial charge on any atom is -0.465 e. The molecule has 2 unspecified atom stereocenters. The first-order valence-electron chi connectivity index (χ1n) is 6.15. The second-order valence-electron chi connectivity index (χ2n) is 4.59. The van der Waals surface area contributed by atoms with Gasteiger partial charge in [0.05, 0.1) is 23.7 Å². The number of methoxy groups -OCH3 is 1. The number of carbonyl (C=O) groups excluding carboxylic acids is 1. The van der Waals surface area contributed by atoms with Crippen molar-refractivity contribution in [2.24, 2.45) is 0 Å². The van der Waals surface area contributed by atoms with Crippen molar-refractivity contribution < 1.29 is 23.1 Å². The molecule has 1 aromatic rings. The fraction of sp³-hybridized carbons (Fsp3) is 0.462. The Morgan fingerprint density at radius 3 is 2.50 bits per heavy atom. The fourth-order valence-corrected chi connectivity index (χ4v) is 3.32. The number of nitrogens with one attached hydrogen (secondary N) is 1. The Bertz CT molecular complexity index is 568. The first-order chi connectivity index (χ1) is 9.27. The van der Waals surface area contributed by atoms with Gasteiger partial charge >= 0.3 is 5.97 Å². The molecule has 2 N–H and O–H groups in total. The number of ether oxygens (including phenoxy) is 1. The maximum atomic E-state index is 12.3. The van der Waals surface area contributed by atoms with Crippen LogP contribution < -0.4 is 4.72 Å². The number of rotatable bonds is 6. The van der Waals surface area contributed by atoms with Crippen LogP contribution in [0.4, 0.5) is 0 Å². The summed E-state index contributed by atoms with van der Waals surface area (Å²) in [5.74, 6) is -0.714. The molecule has 112 valence electrons. The van der Waals surface area contributed by atoms with Crippen molar-refractivity contribution in [3.05, 3.63) is 29.8 Å². The molecule has 6 nitrogen and oxygen atoms in total. The highest BCUT2D eigenvalue weighted by atomic mass is 32.2. The standard InChI is InChI=1S/C13H19NO5S/c1-9(8-10(2)15)14-20(17,18)12-7-5-4-6-11(12)13(16)19-3/h4-7,9-10,14-15H,8H2,1-3H3. The van der Waals surface area contributed by atoms with E-state index in [2.05, 4.69) is 9.46 Å². The molecular weight excluding hydrogens is 282 g/mol. The highest BCUT2D eigenvalue weighted by Gasteiger charge is 2.24. The Kier molecular flexibility index (Phi) is 5.67. The van der Waals surface area contributed by atoms with Crippen LogP contribution in [0.15, 0.2) is 29.2 Å². The van der Waals surface area contributed by atoms with Crippen molar-refractivity contribution in [3.8, 4) is 0 Å². The predicted octanol–water partition coefficient (Wildman–Crippen LogP) is 0.911. The molecule has 0 aliphatic carbocycles. The molecular formula is C13H19NO5S. The van der Waals surface area contributed by atoms with E-state index in [0.717, 1.165) is 0 Å². The van der Waals surface area contributed by atoms with Crippen LogP contribution in [0, 0.1) is 0 Å². The molecule has 1 rings (SSSR count). The lowest BCUT2D eigenvalue weighted by molar-refractivity contribution is 0.0596. The summed E-state index contributed by atoms with van der Waals surface area (Å²) < 4.78 is 31.5. The van der Waals surface area contributed by atoms with Crippen LogP contribution in [0.25, 0.3) is 0 Å². The van der Waals surface area contributed by atoms with Crippen LogP contribution in [0.2, 0.25) is 0 Å². The van der Waals surface area contributed by atoms with Crippen molar-refractivity contribution in [2.75, 3.05) is 7.11 Å². The average molecular weight is 301 g/mol. The zero-order chi connectivity index (χ0) is 15.3. The number of aliphatic hydroxyl groups excluding tert-OH is 1. The van der Waals surface area contributed by atoms with Crippen molar-refractivity contribution in [1.82, 2.24) is 4.72 Å². The van der Waals surface area contributed by atoms with Gasteiger partial charge in [0.1, 0.15) is 0 Å². The summed E-state index contributed by atoms with van der Waals surface area (Å²) in [6, 6.07) is 5.36.